The lowest BCUT2D eigenvalue weighted by molar-refractivity contribution is -0.135. The fourth-order valence-electron chi connectivity index (χ4n) is 4.02. The van der Waals surface area contributed by atoms with Crippen molar-refractivity contribution in [3.8, 4) is 11.5 Å². The summed E-state index contributed by atoms with van der Waals surface area (Å²) in [6.07, 6.45) is 2.59. The fraction of sp³-hybridized carbons (Fsp3) is 0.462. The third-order valence-corrected chi connectivity index (χ3v) is 6.53. The zero-order valence-electron chi connectivity index (χ0n) is 20.3. The number of rotatable bonds is 11. The molecule has 0 aromatic heterocycles. The molecule has 1 N–H and O–H groups in total. The maximum absolute atomic E-state index is 13.3. The SMILES string of the molecule is CCOc1ccc(CN2CCN(C(=O)C(CCSC)NC(=O)c3ccccc3OC)CC2)cc1. The lowest BCUT2D eigenvalue weighted by atomic mass is 10.1. The monoisotopic (exact) mass is 485 g/mol. The molecule has 2 aromatic rings. The van der Waals surface area contributed by atoms with Crippen LogP contribution in [0, 0.1) is 0 Å². The zero-order chi connectivity index (χ0) is 24.3. The second-order valence-electron chi connectivity index (χ2n) is 8.19. The van der Waals surface area contributed by atoms with Crippen molar-refractivity contribution in [2.24, 2.45) is 0 Å². The van der Waals surface area contributed by atoms with Gasteiger partial charge in [-0.15, -0.1) is 0 Å². The standard InChI is InChI=1S/C26H35N3O4S/c1-4-33-21-11-9-20(10-12-21)19-28-14-16-29(17-15-28)26(31)23(13-18-34-3)27-25(30)22-7-5-6-8-24(22)32-2/h5-12,23H,4,13-19H2,1-3H3,(H,27,30). The molecule has 1 unspecified atom stereocenters. The van der Waals surface area contributed by atoms with Crippen molar-refractivity contribution in [1.29, 1.82) is 0 Å². The summed E-state index contributed by atoms with van der Waals surface area (Å²) in [7, 11) is 1.54. The van der Waals surface area contributed by atoms with Crippen LogP contribution >= 0.6 is 11.8 Å². The number of benzene rings is 2. The molecule has 1 fully saturated rings. The number of hydrogen-bond acceptors (Lipinski definition) is 6. The van der Waals surface area contributed by atoms with E-state index in [0.717, 1.165) is 31.1 Å². The van der Waals surface area contributed by atoms with Crippen LogP contribution in [0.1, 0.15) is 29.3 Å². The summed E-state index contributed by atoms with van der Waals surface area (Å²) in [6, 6.07) is 14.7. The van der Waals surface area contributed by atoms with Gasteiger partial charge in [0.2, 0.25) is 5.91 Å². The van der Waals surface area contributed by atoms with E-state index < -0.39 is 6.04 Å². The molecule has 3 rings (SSSR count). The van der Waals surface area contributed by atoms with E-state index in [-0.39, 0.29) is 11.8 Å². The summed E-state index contributed by atoms with van der Waals surface area (Å²) in [5.74, 6) is 1.87. The van der Waals surface area contributed by atoms with Crippen molar-refractivity contribution in [3.63, 3.8) is 0 Å². The Morgan fingerprint density at radius 3 is 2.41 bits per heavy atom. The van der Waals surface area contributed by atoms with Crippen LogP contribution < -0.4 is 14.8 Å². The molecule has 1 saturated heterocycles. The minimum absolute atomic E-state index is 0.0157. The van der Waals surface area contributed by atoms with Gasteiger partial charge in [-0.05, 0) is 55.2 Å². The Hall–Kier alpha value is -2.71. The lowest BCUT2D eigenvalue weighted by Crippen LogP contribution is -2.55. The van der Waals surface area contributed by atoms with Crippen LogP contribution in [0.2, 0.25) is 0 Å². The van der Waals surface area contributed by atoms with Gasteiger partial charge in [-0.2, -0.15) is 11.8 Å². The number of methoxy groups -OCH3 is 1. The third-order valence-electron chi connectivity index (χ3n) is 5.89. The first-order valence-corrected chi connectivity index (χ1v) is 13.1. The first kappa shape index (κ1) is 25.9. The summed E-state index contributed by atoms with van der Waals surface area (Å²) in [5, 5.41) is 2.96. The maximum Gasteiger partial charge on any atom is 0.255 e. The van der Waals surface area contributed by atoms with Crippen LogP contribution in [0.4, 0.5) is 0 Å². The predicted octanol–water partition coefficient (Wildman–Crippen LogP) is 3.29. The molecule has 1 aliphatic rings. The number of thioether (sulfide) groups is 1. The Balaban J connectivity index is 1.57. The highest BCUT2D eigenvalue weighted by Gasteiger charge is 2.29. The predicted molar refractivity (Wildman–Crippen MR) is 137 cm³/mol. The van der Waals surface area contributed by atoms with Gasteiger partial charge in [0.25, 0.3) is 5.91 Å². The first-order chi connectivity index (χ1) is 16.5. The fourth-order valence-corrected chi connectivity index (χ4v) is 4.50. The molecule has 1 aliphatic heterocycles. The smallest absolute Gasteiger partial charge is 0.255 e. The van der Waals surface area contributed by atoms with E-state index in [9.17, 15) is 9.59 Å². The molecular formula is C26H35N3O4S. The Labute approximate surface area is 206 Å². The molecule has 34 heavy (non-hydrogen) atoms. The van der Waals surface area contributed by atoms with E-state index in [1.165, 1.54) is 12.7 Å². The normalized spacial score (nSPS) is 15.0. The molecule has 2 aromatic carbocycles. The van der Waals surface area contributed by atoms with Gasteiger partial charge in [0, 0.05) is 32.7 Å². The molecule has 1 heterocycles. The van der Waals surface area contributed by atoms with Crippen LogP contribution in [-0.2, 0) is 11.3 Å². The van der Waals surface area contributed by atoms with Crippen molar-refractivity contribution in [2.45, 2.75) is 25.9 Å². The summed E-state index contributed by atoms with van der Waals surface area (Å²) in [4.78, 5) is 30.5. The quantitative estimate of drug-likeness (QED) is 0.527. The van der Waals surface area contributed by atoms with Gasteiger partial charge >= 0.3 is 0 Å². The Bertz CT molecular complexity index is 930. The molecule has 7 nitrogen and oxygen atoms in total. The number of para-hydroxylation sites is 1. The van der Waals surface area contributed by atoms with E-state index in [4.69, 9.17) is 9.47 Å². The van der Waals surface area contributed by atoms with Crippen molar-refractivity contribution in [2.75, 3.05) is 51.9 Å². The van der Waals surface area contributed by atoms with Gasteiger partial charge in [-0.1, -0.05) is 24.3 Å². The summed E-state index contributed by atoms with van der Waals surface area (Å²) in [6.45, 7) is 6.38. The molecule has 2 amide bonds. The third kappa shape index (κ3) is 7.14. The van der Waals surface area contributed by atoms with E-state index in [2.05, 4.69) is 22.3 Å². The number of carbonyl (C=O) groups excluding carboxylic acids is 2. The highest BCUT2D eigenvalue weighted by Crippen LogP contribution is 2.19. The zero-order valence-corrected chi connectivity index (χ0v) is 21.1. The van der Waals surface area contributed by atoms with Gasteiger partial charge in [-0.25, -0.2) is 0 Å². The second kappa shape index (κ2) is 13.2. The highest BCUT2D eigenvalue weighted by molar-refractivity contribution is 7.98. The van der Waals surface area contributed by atoms with E-state index >= 15 is 0 Å². The minimum Gasteiger partial charge on any atom is -0.496 e. The molecule has 0 radical (unpaired) electrons. The van der Waals surface area contributed by atoms with Gasteiger partial charge in [0.05, 0.1) is 19.3 Å². The van der Waals surface area contributed by atoms with Gasteiger partial charge in [0.15, 0.2) is 0 Å². The number of nitrogens with zero attached hydrogens (tertiary/aromatic N) is 2. The lowest BCUT2D eigenvalue weighted by Gasteiger charge is -2.36. The number of ether oxygens (including phenoxy) is 2. The molecular weight excluding hydrogens is 450 g/mol. The molecule has 8 heteroatoms. The number of hydrogen-bond donors (Lipinski definition) is 1. The van der Waals surface area contributed by atoms with E-state index in [1.807, 2.05) is 36.3 Å². The van der Waals surface area contributed by atoms with Crippen LogP contribution in [-0.4, -0.2) is 79.6 Å². The number of nitrogens with one attached hydrogen (secondary N) is 1. The highest BCUT2D eigenvalue weighted by atomic mass is 32.2. The molecule has 0 saturated carbocycles. The Kier molecular flexibility index (Phi) is 10.1. The number of amides is 2. The molecule has 0 bridgehead atoms. The average molecular weight is 486 g/mol. The summed E-state index contributed by atoms with van der Waals surface area (Å²) < 4.78 is 10.8. The van der Waals surface area contributed by atoms with Gasteiger partial charge in [-0.3, -0.25) is 14.5 Å². The van der Waals surface area contributed by atoms with Crippen molar-refractivity contribution in [3.05, 3.63) is 59.7 Å². The Morgan fingerprint density at radius 2 is 1.76 bits per heavy atom. The Morgan fingerprint density at radius 1 is 1.06 bits per heavy atom. The molecule has 0 aliphatic carbocycles. The van der Waals surface area contributed by atoms with Crippen LogP contribution in [0.15, 0.2) is 48.5 Å². The van der Waals surface area contributed by atoms with Crippen LogP contribution in [0.25, 0.3) is 0 Å². The summed E-state index contributed by atoms with van der Waals surface area (Å²) in [5.41, 5.74) is 1.66. The largest absolute Gasteiger partial charge is 0.496 e. The van der Waals surface area contributed by atoms with Crippen molar-refractivity contribution in [1.82, 2.24) is 15.1 Å². The van der Waals surface area contributed by atoms with Gasteiger partial charge < -0.3 is 19.7 Å². The summed E-state index contributed by atoms with van der Waals surface area (Å²) >= 11 is 1.67. The molecule has 1 atom stereocenters. The second-order valence-corrected chi connectivity index (χ2v) is 9.17. The van der Waals surface area contributed by atoms with Gasteiger partial charge in [0.1, 0.15) is 17.5 Å². The topological polar surface area (TPSA) is 71.1 Å². The molecule has 184 valence electrons. The van der Waals surface area contributed by atoms with E-state index in [0.29, 0.717) is 37.4 Å². The van der Waals surface area contributed by atoms with Crippen LogP contribution in [0.3, 0.4) is 0 Å². The first-order valence-electron chi connectivity index (χ1n) is 11.7. The van der Waals surface area contributed by atoms with Crippen molar-refractivity contribution >= 4 is 23.6 Å². The average Bonchev–Trinajstić information content (AvgIpc) is 2.87. The van der Waals surface area contributed by atoms with E-state index in [1.54, 1.807) is 30.0 Å². The molecule has 0 spiro atoms. The minimum atomic E-state index is -0.553. The maximum atomic E-state index is 13.3. The number of carbonyl (C=O) groups is 2. The van der Waals surface area contributed by atoms with Crippen molar-refractivity contribution < 1.29 is 19.1 Å². The number of piperazine rings is 1. The van der Waals surface area contributed by atoms with Crippen LogP contribution in [0.5, 0.6) is 11.5 Å².